The van der Waals surface area contributed by atoms with Gasteiger partial charge in [0.25, 0.3) is 0 Å². The summed E-state index contributed by atoms with van der Waals surface area (Å²) < 4.78 is 1.88. The fourth-order valence-electron chi connectivity index (χ4n) is 2.73. The van der Waals surface area contributed by atoms with Gasteiger partial charge in [0.15, 0.2) is 5.96 Å². The highest BCUT2D eigenvalue weighted by molar-refractivity contribution is 14.0. The quantitative estimate of drug-likeness (QED) is 0.433. The van der Waals surface area contributed by atoms with Crippen molar-refractivity contribution in [1.29, 1.82) is 0 Å². The summed E-state index contributed by atoms with van der Waals surface area (Å²) in [5, 5.41) is 11.1. The van der Waals surface area contributed by atoms with E-state index >= 15 is 0 Å². The molecule has 1 aliphatic heterocycles. The smallest absolute Gasteiger partial charge is 0.194 e. The number of aromatic nitrogens is 2. The van der Waals surface area contributed by atoms with E-state index < -0.39 is 0 Å². The van der Waals surface area contributed by atoms with E-state index in [-0.39, 0.29) is 24.0 Å². The second-order valence-electron chi connectivity index (χ2n) is 5.54. The number of nitrogens with zero attached hydrogens (tertiary/aromatic N) is 5. The third kappa shape index (κ3) is 4.62. The summed E-state index contributed by atoms with van der Waals surface area (Å²) in [6, 6.07) is 6.33. The molecule has 8 heteroatoms. The normalized spacial score (nSPS) is 15.3. The summed E-state index contributed by atoms with van der Waals surface area (Å²) >= 11 is 1.81. The summed E-state index contributed by atoms with van der Waals surface area (Å²) in [7, 11) is 1.96. The fourth-order valence-corrected chi connectivity index (χ4v) is 3.51. The second-order valence-corrected chi connectivity index (χ2v) is 6.47. The molecule has 1 fully saturated rings. The van der Waals surface area contributed by atoms with Crippen molar-refractivity contribution in [2.45, 2.75) is 13.5 Å². The third-order valence-corrected chi connectivity index (χ3v) is 4.97. The summed E-state index contributed by atoms with van der Waals surface area (Å²) in [6.45, 7) is 7.72. The summed E-state index contributed by atoms with van der Waals surface area (Å²) in [4.78, 5) is 9.58. The first-order chi connectivity index (χ1) is 11.3. The van der Waals surface area contributed by atoms with E-state index in [0.29, 0.717) is 6.54 Å². The molecule has 1 saturated heterocycles. The van der Waals surface area contributed by atoms with Crippen molar-refractivity contribution in [3.8, 4) is 0 Å². The van der Waals surface area contributed by atoms with Crippen LogP contribution in [0.5, 0.6) is 0 Å². The predicted octanol–water partition coefficient (Wildman–Crippen LogP) is 2.39. The molecule has 0 spiro atoms. The van der Waals surface area contributed by atoms with Crippen molar-refractivity contribution in [3.63, 3.8) is 0 Å². The SMILES string of the molecule is CCNC(=NCc1ccnn1C)N1CCN(c2cccs2)CC1.I. The number of guanidine groups is 1. The number of aliphatic imine (C=N–C) groups is 1. The maximum atomic E-state index is 4.78. The summed E-state index contributed by atoms with van der Waals surface area (Å²) in [6.07, 6.45) is 1.82. The number of hydrogen-bond acceptors (Lipinski definition) is 4. The largest absolute Gasteiger partial charge is 0.360 e. The third-order valence-electron chi connectivity index (χ3n) is 4.05. The van der Waals surface area contributed by atoms with E-state index in [9.17, 15) is 0 Å². The van der Waals surface area contributed by atoms with Gasteiger partial charge in [0.05, 0.1) is 17.2 Å². The lowest BCUT2D eigenvalue weighted by molar-refractivity contribution is 0.373. The van der Waals surface area contributed by atoms with Gasteiger partial charge in [-0.1, -0.05) is 0 Å². The van der Waals surface area contributed by atoms with Crippen LogP contribution in [0.4, 0.5) is 5.00 Å². The first-order valence-electron chi connectivity index (χ1n) is 8.06. The van der Waals surface area contributed by atoms with Gasteiger partial charge in [-0.15, -0.1) is 35.3 Å². The minimum atomic E-state index is 0. The fraction of sp³-hybridized carbons (Fsp3) is 0.500. The number of hydrogen-bond donors (Lipinski definition) is 1. The maximum Gasteiger partial charge on any atom is 0.194 e. The molecule has 132 valence electrons. The van der Waals surface area contributed by atoms with Crippen molar-refractivity contribution in [1.82, 2.24) is 20.0 Å². The summed E-state index contributed by atoms with van der Waals surface area (Å²) in [5.41, 5.74) is 1.12. The van der Waals surface area contributed by atoms with Crippen LogP contribution in [-0.4, -0.2) is 53.4 Å². The first-order valence-corrected chi connectivity index (χ1v) is 8.94. The number of halogens is 1. The average Bonchev–Trinajstić information content (AvgIpc) is 3.24. The Bertz CT molecular complexity index is 631. The van der Waals surface area contributed by atoms with Gasteiger partial charge in [0.1, 0.15) is 0 Å². The molecule has 3 heterocycles. The number of rotatable bonds is 4. The molecule has 6 nitrogen and oxygen atoms in total. The maximum absolute atomic E-state index is 4.78. The Morgan fingerprint density at radius 1 is 1.29 bits per heavy atom. The van der Waals surface area contributed by atoms with Gasteiger partial charge < -0.3 is 15.1 Å². The van der Waals surface area contributed by atoms with Crippen LogP contribution in [0.3, 0.4) is 0 Å². The van der Waals surface area contributed by atoms with E-state index in [1.54, 1.807) is 0 Å². The van der Waals surface area contributed by atoms with Crippen LogP contribution < -0.4 is 10.2 Å². The summed E-state index contributed by atoms with van der Waals surface area (Å²) in [5.74, 6) is 1.000. The zero-order valence-corrected chi connectivity index (χ0v) is 17.3. The molecule has 2 aromatic heterocycles. The minimum Gasteiger partial charge on any atom is -0.360 e. The Kier molecular flexibility index (Phi) is 7.35. The van der Waals surface area contributed by atoms with Crippen molar-refractivity contribution >= 4 is 46.3 Å². The standard InChI is InChI=1S/C16H24N6S.HI/c1-3-17-16(18-13-14-6-7-19-20(14)2)22-10-8-21(9-11-22)15-5-4-12-23-15;/h4-7,12H,3,8-11,13H2,1-2H3,(H,17,18);1H. The van der Waals surface area contributed by atoms with Gasteiger partial charge in [-0.2, -0.15) is 5.10 Å². The average molecular weight is 460 g/mol. The van der Waals surface area contributed by atoms with Crippen LogP contribution in [0.15, 0.2) is 34.8 Å². The molecule has 0 saturated carbocycles. The molecular weight excluding hydrogens is 435 g/mol. The van der Waals surface area contributed by atoms with Crippen LogP contribution in [-0.2, 0) is 13.6 Å². The lowest BCUT2D eigenvalue weighted by Gasteiger charge is -2.37. The van der Waals surface area contributed by atoms with Crippen LogP contribution in [0, 0.1) is 0 Å². The number of aryl methyl sites for hydroxylation is 1. The molecule has 0 radical (unpaired) electrons. The monoisotopic (exact) mass is 460 g/mol. The van der Waals surface area contributed by atoms with E-state index in [2.05, 4.69) is 44.7 Å². The molecule has 2 aromatic rings. The molecule has 1 aliphatic rings. The van der Waals surface area contributed by atoms with Crippen molar-refractivity contribution in [2.75, 3.05) is 37.6 Å². The highest BCUT2D eigenvalue weighted by Crippen LogP contribution is 2.22. The molecule has 0 aromatic carbocycles. The lowest BCUT2D eigenvalue weighted by atomic mass is 10.3. The number of nitrogens with one attached hydrogen (secondary N) is 1. The van der Waals surface area contributed by atoms with Crippen molar-refractivity contribution in [3.05, 3.63) is 35.5 Å². The van der Waals surface area contributed by atoms with E-state index in [1.165, 1.54) is 5.00 Å². The van der Waals surface area contributed by atoms with Gasteiger partial charge >= 0.3 is 0 Å². The topological polar surface area (TPSA) is 48.7 Å². The molecular formula is C16H25IN6S. The van der Waals surface area contributed by atoms with Gasteiger partial charge in [-0.25, -0.2) is 4.99 Å². The van der Waals surface area contributed by atoms with Gasteiger partial charge in [0, 0.05) is 46.0 Å². The molecule has 3 rings (SSSR count). The first kappa shape index (κ1) is 19.0. The Hall–Kier alpha value is -1.29. The highest BCUT2D eigenvalue weighted by atomic mass is 127. The van der Waals surface area contributed by atoms with Gasteiger partial charge in [-0.3, -0.25) is 4.68 Å². The zero-order valence-electron chi connectivity index (χ0n) is 14.2. The Morgan fingerprint density at radius 2 is 2.08 bits per heavy atom. The van der Waals surface area contributed by atoms with Crippen molar-refractivity contribution in [2.24, 2.45) is 12.0 Å². The molecule has 0 aliphatic carbocycles. The number of thiophene rings is 1. The molecule has 24 heavy (non-hydrogen) atoms. The van der Waals surface area contributed by atoms with Crippen LogP contribution >= 0.6 is 35.3 Å². The van der Waals surface area contributed by atoms with Crippen molar-refractivity contribution < 1.29 is 0 Å². The van der Waals surface area contributed by atoms with Crippen LogP contribution in [0.1, 0.15) is 12.6 Å². The van der Waals surface area contributed by atoms with E-state index in [4.69, 9.17) is 4.99 Å². The van der Waals surface area contributed by atoms with Crippen LogP contribution in [0.25, 0.3) is 0 Å². The van der Waals surface area contributed by atoms with E-state index in [1.807, 2.05) is 35.3 Å². The zero-order chi connectivity index (χ0) is 16.1. The molecule has 1 N–H and O–H groups in total. The Morgan fingerprint density at radius 3 is 2.67 bits per heavy atom. The number of anilines is 1. The Balaban J connectivity index is 0.00000208. The predicted molar refractivity (Wildman–Crippen MR) is 112 cm³/mol. The number of piperazine rings is 1. The molecule has 0 unspecified atom stereocenters. The van der Waals surface area contributed by atoms with Crippen LogP contribution in [0.2, 0.25) is 0 Å². The molecule has 0 amide bonds. The molecule has 0 bridgehead atoms. The van der Waals surface area contributed by atoms with Gasteiger partial charge in [-0.05, 0) is 30.5 Å². The van der Waals surface area contributed by atoms with Gasteiger partial charge in [0.2, 0.25) is 0 Å². The molecule has 0 atom stereocenters. The minimum absolute atomic E-state index is 0. The van der Waals surface area contributed by atoms with E-state index in [0.717, 1.165) is 44.4 Å². The Labute approximate surface area is 164 Å². The lowest BCUT2D eigenvalue weighted by Crippen LogP contribution is -2.52. The second kappa shape index (κ2) is 9.26. The highest BCUT2D eigenvalue weighted by Gasteiger charge is 2.20.